The van der Waals surface area contributed by atoms with Gasteiger partial charge in [-0.1, -0.05) is 35.3 Å². The van der Waals surface area contributed by atoms with Crippen LogP contribution in [0, 0.1) is 0 Å². The van der Waals surface area contributed by atoms with Crippen molar-refractivity contribution >= 4 is 45.2 Å². The van der Waals surface area contributed by atoms with Gasteiger partial charge in [-0.05, 0) is 42.0 Å². The lowest BCUT2D eigenvalue weighted by atomic mass is 10.2. The fraction of sp³-hybridized carbons (Fsp3) is 0. The molecule has 2 aromatic rings. The largest absolute Gasteiger partial charge is 0.508 e. The molecule has 0 heterocycles. The molecule has 0 radical (unpaired) electrons. The Hall–Kier alpha value is -2.02. The van der Waals surface area contributed by atoms with E-state index in [-0.39, 0.29) is 16.3 Å². The Morgan fingerprint density at radius 2 is 1.87 bits per heavy atom. The molecular formula is C15H11Cl2NO4S. The minimum atomic E-state index is -4.02. The Morgan fingerprint density at radius 1 is 1.13 bits per heavy atom. The van der Waals surface area contributed by atoms with Crippen molar-refractivity contribution in [2.75, 3.05) is 0 Å². The van der Waals surface area contributed by atoms with Crippen molar-refractivity contribution < 1.29 is 18.3 Å². The zero-order valence-electron chi connectivity index (χ0n) is 11.5. The highest BCUT2D eigenvalue weighted by atomic mass is 35.5. The summed E-state index contributed by atoms with van der Waals surface area (Å²) in [6.45, 7) is 0. The summed E-state index contributed by atoms with van der Waals surface area (Å²) in [5.74, 6) is -0.867. The number of amides is 1. The Kier molecular flexibility index (Phi) is 5.30. The number of sulfonamides is 1. The highest BCUT2D eigenvalue weighted by molar-refractivity contribution is 7.93. The standard InChI is InChI=1S/C15H11Cl2NO4S/c16-11-4-5-13(14(17)9-11)15(20)18-23(21,22)7-6-10-2-1-3-12(19)8-10/h1-9,19H,(H,18,20). The summed E-state index contributed by atoms with van der Waals surface area (Å²) in [7, 11) is -4.02. The van der Waals surface area contributed by atoms with Gasteiger partial charge in [-0.3, -0.25) is 4.79 Å². The molecule has 0 saturated heterocycles. The first kappa shape index (κ1) is 17.3. The van der Waals surface area contributed by atoms with Gasteiger partial charge in [0.2, 0.25) is 0 Å². The Labute approximate surface area is 143 Å². The van der Waals surface area contributed by atoms with Crippen LogP contribution >= 0.6 is 23.2 Å². The molecule has 2 N–H and O–H groups in total. The van der Waals surface area contributed by atoms with E-state index in [2.05, 4.69) is 0 Å². The van der Waals surface area contributed by atoms with Crippen LogP contribution in [0.5, 0.6) is 5.75 Å². The second-order valence-corrected chi connectivity index (χ2v) is 6.91. The predicted molar refractivity (Wildman–Crippen MR) is 90.0 cm³/mol. The van der Waals surface area contributed by atoms with Crippen LogP contribution in [0.2, 0.25) is 10.0 Å². The third-order valence-electron chi connectivity index (χ3n) is 2.72. The molecule has 0 aliphatic carbocycles. The van der Waals surface area contributed by atoms with E-state index in [1.165, 1.54) is 36.4 Å². The van der Waals surface area contributed by atoms with Crippen LogP contribution in [0.3, 0.4) is 0 Å². The molecule has 0 spiro atoms. The van der Waals surface area contributed by atoms with Gasteiger partial charge < -0.3 is 5.11 Å². The number of aromatic hydroxyl groups is 1. The van der Waals surface area contributed by atoms with E-state index >= 15 is 0 Å². The number of carbonyl (C=O) groups is 1. The zero-order chi connectivity index (χ0) is 17.0. The molecular weight excluding hydrogens is 361 g/mol. The van der Waals surface area contributed by atoms with Gasteiger partial charge in [0.25, 0.3) is 15.9 Å². The topological polar surface area (TPSA) is 83.5 Å². The van der Waals surface area contributed by atoms with Crippen molar-refractivity contribution in [3.63, 3.8) is 0 Å². The van der Waals surface area contributed by atoms with Crippen molar-refractivity contribution in [1.29, 1.82) is 0 Å². The van der Waals surface area contributed by atoms with E-state index in [0.29, 0.717) is 10.6 Å². The lowest BCUT2D eigenvalue weighted by Crippen LogP contribution is -2.29. The maximum absolute atomic E-state index is 12.0. The van der Waals surface area contributed by atoms with Crippen LogP contribution in [0.4, 0.5) is 0 Å². The summed E-state index contributed by atoms with van der Waals surface area (Å²) in [5, 5.41) is 10.5. The van der Waals surface area contributed by atoms with E-state index in [4.69, 9.17) is 23.2 Å². The molecule has 0 unspecified atom stereocenters. The number of hydrogen-bond donors (Lipinski definition) is 2. The van der Waals surface area contributed by atoms with Crippen molar-refractivity contribution in [3.8, 4) is 5.75 Å². The SMILES string of the molecule is O=C(NS(=O)(=O)C=Cc1cccc(O)c1)c1ccc(Cl)cc1Cl. The van der Waals surface area contributed by atoms with Crippen molar-refractivity contribution in [3.05, 3.63) is 69.0 Å². The molecule has 0 aromatic heterocycles. The summed E-state index contributed by atoms with van der Waals surface area (Å²) in [4.78, 5) is 12.0. The van der Waals surface area contributed by atoms with Crippen LogP contribution in [-0.4, -0.2) is 19.4 Å². The first-order chi connectivity index (χ1) is 10.8. The molecule has 8 heteroatoms. The number of carbonyl (C=O) groups excluding carboxylic acids is 1. The average Bonchev–Trinajstić information content (AvgIpc) is 2.44. The first-order valence-corrected chi connectivity index (χ1v) is 8.56. The molecule has 120 valence electrons. The maximum Gasteiger partial charge on any atom is 0.266 e. The monoisotopic (exact) mass is 371 g/mol. The quantitative estimate of drug-likeness (QED) is 0.861. The molecule has 0 atom stereocenters. The lowest BCUT2D eigenvalue weighted by Gasteiger charge is -2.05. The molecule has 0 bridgehead atoms. The first-order valence-electron chi connectivity index (χ1n) is 6.26. The zero-order valence-corrected chi connectivity index (χ0v) is 13.9. The number of halogens is 2. The molecule has 23 heavy (non-hydrogen) atoms. The summed E-state index contributed by atoms with van der Waals surface area (Å²) < 4.78 is 25.7. The van der Waals surface area contributed by atoms with Gasteiger partial charge in [0.15, 0.2) is 0 Å². The minimum Gasteiger partial charge on any atom is -0.508 e. The smallest absolute Gasteiger partial charge is 0.266 e. The second kappa shape index (κ2) is 7.04. The molecule has 2 aromatic carbocycles. The fourth-order valence-electron chi connectivity index (χ4n) is 1.69. The normalized spacial score (nSPS) is 11.6. The van der Waals surface area contributed by atoms with Crippen molar-refractivity contribution in [1.82, 2.24) is 4.72 Å². The molecule has 0 fully saturated rings. The van der Waals surface area contributed by atoms with Gasteiger partial charge in [0, 0.05) is 5.02 Å². The van der Waals surface area contributed by atoms with Gasteiger partial charge >= 0.3 is 0 Å². The number of phenols is 1. The van der Waals surface area contributed by atoms with Crippen LogP contribution in [0.15, 0.2) is 47.9 Å². The van der Waals surface area contributed by atoms with E-state index in [1.54, 1.807) is 12.1 Å². The Balaban J connectivity index is 2.16. The second-order valence-electron chi connectivity index (χ2n) is 4.50. The molecule has 0 aliphatic heterocycles. The number of benzene rings is 2. The average molecular weight is 372 g/mol. The maximum atomic E-state index is 12.0. The third-order valence-corrected chi connectivity index (χ3v) is 4.23. The van der Waals surface area contributed by atoms with Gasteiger partial charge in [0.05, 0.1) is 16.0 Å². The molecule has 0 saturated carbocycles. The van der Waals surface area contributed by atoms with E-state index in [1.807, 2.05) is 4.72 Å². The molecule has 2 rings (SSSR count). The highest BCUT2D eigenvalue weighted by Gasteiger charge is 2.16. The van der Waals surface area contributed by atoms with Crippen LogP contribution in [0.25, 0.3) is 6.08 Å². The lowest BCUT2D eigenvalue weighted by molar-refractivity contribution is 0.0982. The number of hydrogen-bond acceptors (Lipinski definition) is 4. The number of phenolic OH excluding ortho intramolecular Hbond substituents is 1. The third kappa shape index (κ3) is 4.99. The van der Waals surface area contributed by atoms with Crippen molar-refractivity contribution in [2.45, 2.75) is 0 Å². The minimum absolute atomic E-state index is 0.00142. The Morgan fingerprint density at radius 3 is 2.52 bits per heavy atom. The van der Waals surface area contributed by atoms with E-state index < -0.39 is 15.9 Å². The van der Waals surface area contributed by atoms with Crippen LogP contribution in [-0.2, 0) is 10.0 Å². The molecule has 5 nitrogen and oxygen atoms in total. The van der Waals surface area contributed by atoms with Gasteiger partial charge in [-0.25, -0.2) is 13.1 Å². The summed E-state index contributed by atoms with van der Waals surface area (Å²) in [6, 6.07) is 10.1. The summed E-state index contributed by atoms with van der Waals surface area (Å²) in [5.41, 5.74) is 0.456. The van der Waals surface area contributed by atoms with Gasteiger partial charge in [-0.2, -0.15) is 0 Å². The number of rotatable bonds is 4. The fourth-order valence-corrected chi connectivity index (χ4v) is 2.96. The van der Waals surface area contributed by atoms with E-state index in [0.717, 1.165) is 5.41 Å². The summed E-state index contributed by atoms with van der Waals surface area (Å²) >= 11 is 11.6. The highest BCUT2D eigenvalue weighted by Crippen LogP contribution is 2.21. The predicted octanol–water partition coefficient (Wildman–Crippen LogP) is 3.43. The van der Waals surface area contributed by atoms with Crippen LogP contribution in [0.1, 0.15) is 15.9 Å². The molecule has 1 amide bonds. The molecule has 0 aliphatic rings. The van der Waals surface area contributed by atoms with Crippen LogP contribution < -0.4 is 4.72 Å². The van der Waals surface area contributed by atoms with E-state index in [9.17, 15) is 18.3 Å². The Bertz CT molecular complexity index is 879. The van der Waals surface area contributed by atoms with Gasteiger partial charge in [0.1, 0.15) is 5.75 Å². The summed E-state index contributed by atoms with van der Waals surface area (Å²) in [6.07, 6.45) is 1.25. The van der Waals surface area contributed by atoms with Crippen molar-refractivity contribution in [2.24, 2.45) is 0 Å². The number of nitrogens with one attached hydrogen (secondary N) is 1. The van der Waals surface area contributed by atoms with Gasteiger partial charge in [-0.15, -0.1) is 0 Å².